The molecule has 1 heterocycles. The Morgan fingerprint density at radius 2 is 1.95 bits per heavy atom. The van der Waals surface area contributed by atoms with Crippen molar-refractivity contribution in [2.24, 2.45) is 5.73 Å². The summed E-state index contributed by atoms with van der Waals surface area (Å²) in [4.78, 5) is 4.38. The molecule has 0 saturated carbocycles. The van der Waals surface area contributed by atoms with E-state index in [0.29, 0.717) is 18.3 Å². The second-order valence-electron chi connectivity index (χ2n) is 5.57. The van der Waals surface area contributed by atoms with Crippen molar-refractivity contribution in [3.05, 3.63) is 35.7 Å². The first kappa shape index (κ1) is 14.7. The average Bonchev–Trinajstić information content (AvgIpc) is 2.88. The fraction of sp³-hybridized carbons (Fsp3) is 0.467. The van der Waals surface area contributed by atoms with Gasteiger partial charge in [-0.15, -0.1) is 0 Å². The third-order valence-corrected chi connectivity index (χ3v) is 2.95. The van der Waals surface area contributed by atoms with Crippen LogP contribution in [-0.4, -0.2) is 22.9 Å². The summed E-state index contributed by atoms with van der Waals surface area (Å²) in [5, 5.41) is 3.97. The molecule has 5 nitrogen and oxygen atoms in total. The molecule has 0 aliphatic carbocycles. The van der Waals surface area contributed by atoms with Crippen LogP contribution in [-0.2, 0) is 10.3 Å². The Bertz CT molecular complexity index is 559. The number of rotatable bonds is 5. The zero-order chi connectivity index (χ0) is 14.8. The Kier molecular flexibility index (Phi) is 4.20. The summed E-state index contributed by atoms with van der Waals surface area (Å²) in [5.74, 6) is 0.926. The molecule has 0 bridgehead atoms. The molecule has 0 fully saturated rings. The molecular weight excluding hydrogens is 254 g/mol. The summed E-state index contributed by atoms with van der Waals surface area (Å²) in [6.45, 7) is 8.13. The summed E-state index contributed by atoms with van der Waals surface area (Å²) in [7, 11) is 0. The van der Waals surface area contributed by atoms with Gasteiger partial charge in [0.25, 0.3) is 5.89 Å². The minimum absolute atomic E-state index is 0.112. The van der Waals surface area contributed by atoms with Gasteiger partial charge in [-0.2, -0.15) is 4.98 Å². The highest BCUT2D eigenvalue weighted by Crippen LogP contribution is 2.22. The highest BCUT2D eigenvalue weighted by molar-refractivity contribution is 5.53. The van der Waals surface area contributed by atoms with E-state index in [2.05, 4.69) is 10.1 Å². The lowest BCUT2D eigenvalue weighted by molar-refractivity contribution is 0.0410. The van der Waals surface area contributed by atoms with Gasteiger partial charge >= 0.3 is 0 Å². The smallest absolute Gasteiger partial charge is 0.257 e. The summed E-state index contributed by atoms with van der Waals surface area (Å²) in [6, 6.07) is 7.90. The van der Waals surface area contributed by atoms with Gasteiger partial charge in [0.05, 0.1) is 12.7 Å². The number of aromatic nitrogens is 2. The number of benzene rings is 1. The fourth-order valence-corrected chi connectivity index (χ4v) is 1.67. The van der Waals surface area contributed by atoms with E-state index in [4.69, 9.17) is 15.0 Å². The second-order valence-corrected chi connectivity index (χ2v) is 5.57. The van der Waals surface area contributed by atoms with Crippen molar-refractivity contribution >= 4 is 0 Å². The third-order valence-electron chi connectivity index (χ3n) is 2.95. The van der Waals surface area contributed by atoms with E-state index in [1.807, 2.05) is 52.0 Å². The van der Waals surface area contributed by atoms with E-state index < -0.39 is 5.54 Å². The van der Waals surface area contributed by atoms with E-state index >= 15 is 0 Å². The maximum Gasteiger partial charge on any atom is 0.257 e. The predicted octanol–water partition coefficient (Wildman–Crippen LogP) is 2.64. The van der Waals surface area contributed by atoms with Gasteiger partial charge in [-0.1, -0.05) is 22.9 Å². The lowest BCUT2D eigenvalue weighted by atomic mass is 10.1. The predicted molar refractivity (Wildman–Crippen MR) is 77.1 cm³/mol. The molecule has 20 heavy (non-hydrogen) atoms. The van der Waals surface area contributed by atoms with Gasteiger partial charge < -0.3 is 15.0 Å². The third kappa shape index (κ3) is 3.43. The molecule has 0 saturated heterocycles. The number of nitrogens with zero attached hydrogens (tertiary/aromatic N) is 2. The minimum Gasteiger partial charge on any atom is -0.376 e. The Balaban J connectivity index is 2.17. The maximum absolute atomic E-state index is 6.19. The summed E-state index contributed by atoms with van der Waals surface area (Å²) < 4.78 is 10.8. The molecule has 1 atom stereocenters. The van der Waals surface area contributed by atoms with Gasteiger partial charge in [-0.25, -0.2) is 0 Å². The first-order chi connectivity index (χ1) is 9.38. The molecule has 2 rings (SSSR count). The van der Waals surface area contributed by atoms with Crippen molar-refractivity contribution in [3.63, 3.8) is 0 Å². The lowest BCUT2D eigenvalue weighted by Crippen LogP contribution is -2.40. The molecule has 0 spiro atoms. The minimum atomic E-state index is -0.767. The summed E-state index contributed by atoms with van der Waals surface area (Å²) in [5.41, 5.74) is 7.49. The highest BCUT2D eigenvalue weighted by atomic mass is 16.5. The molecule has 1 aromatic carbocycles. The van der Waals surface area contributed by atoms with Crippen LogP contribution < -0.4 is 5.73 Å². The maximum atomic E-state index is 6.19. The topological polar surface area (TPSA) is 74.2 Å². The number of hydrogen-bond donors (Lipinski definition) is 1. The van der Waals surface area contributed by atoms with Crippen molar-refractivity contribution in [1.29, 1.82) is 0 Å². The molecule has 2 N–H and O–H groups in total. The molecule has 2 aromatic rings. The molecule has 0 aliphatic heterocycles. The van der Waals surface area contributed by atoms with Crippen LogP contribution in [0.15, 0.2) is 28.8 Å². The summed E-state index contributed by atoms with van der Waals surface area (Å²) in [6.07, 6.45) is 0.112. The van der Waals surface area contributed by atoms with Crippen LogP contribution in [0.3, 0.4) is 0 Å². The SMILES string of the molecule is Cc1ccc(-c2nc(C(C)(N)COC(C)C)no2)cc1. The standard InChI is InChI=1S/C15H21N3O2/c1-10(2)19-9-15(4,16)14-17-13(20-18-14)12-7-5-11(3)6-8-12/h5-8,10H,9,16H2,1-4H3. The zero-order valence-electron chi connectivity index (χ0n) is 12.4. The largest absolute Gasteiger partial charge is 0.376 e. The normalized spacial score (nSPS) is 14.5. The molecule has 0 radical (unpaired) electrons. The molecule has 108 valence electrons. The number of nitrogens with two attached hydrogens (primary N) is 1. The van der Waals surface area contributed by atoms with Crippen LogP contribution in [0.1, 0.15) is 32.2 Å². The van der Waals surface area contributed by atoms with Crippen LogP contribution in [0.5, 0.6) is 0 Å². The van der Waals surface area contributed by atoms with Gasteiger partial charge in [0.1, 0.15) is 5.54 Å². The highest BCUT2D eigenvalue weighted by Gasteiger charge is 2.28. The Hall–Kier alpha value is -1.72. The fourth-order valence-electron chi connectivity index (χ4n) is 1.67. The van der Waals surface area contributed by atoms with Crippen LogP contribution in [0.25, 0.3) is 11.5 Å². The quantitative estimate of drug-likeness (QED) is 0.908. The van der Waals surface area contributed by atoms with Crippen molar-refractivity contribution in [2.75, 3.05) is 6.61 Å². The first-order valence-corrected chi connectivity index (χ1v) is 6.70. The van der Waals surface area contributed by atoms with Gasteiger partial charge in [0.15, 0.2) is 5.82 Å². The average molecular weight is 275 g/mol. The van der Waals surface area contributed by atoms with Gasteiger partial charge in [0, 0.05) is 5.56 Å². The molecule has 1 aromatic heterocycles. The van der Waals surface area contributed by atoms with Gasteiger partial charge in [-0.3, -0.25) is 0 Å². The van der Waals surface area contributed by atoms with Crippen LogP contribution in [0.2, 0.25) is 0 Å². The number of aryl methyl sites for hydroxylation is 1. The van der Waals surface area contributed by atoms with Gasteiger partial charge in [-0.05, 0) is 39.8 Å². The monoisotopic (exact) mass is 275 g/mol. The van der Waals surface area contributed by atoms with E-state index in [1.165, 1.54) is 5.56 Å². The van der Waals surface area contributed by atoms with Crippen LogP contribution in [0.4, 0.5) is 0 Å². The molecule has 1 unspecified atom stereocenters. The van der Waals surface area contributed by atoms with Crippen LogP contribution >= 0.6 is 0 Å². The van der Waals surface area contributed by atoms with E-state index in [0.717, 1.165) is 5.56 Å². The molecular formula is C15H21N3O2. The Morgan fingerprint density at radius 1 is 1.30 bits per heavy atom. The Labute approximate surface area is 119 Å². The lowest BCUT2D eigenvalue weighted by Gasteiger charge is -2.21. The van der Waals surface area contributed by atoms with Crippen molar-refractivity contribution in [3.8, 4) is 11.5 Å². The molecule has 0 amide bonds. The van der Waals surface area contributed by atoms with Gasteiger partial charge in [0.2, 0.25) is 0 Å². The molecule has 0 aliphatic rings. The van der Waals surface area contributed by atoms with E-state index in [1.54, 1.807) is 0 Å². The van der Waals surface area contributed by atoms with E-state index in [-0.39, 0.29) is 6.10 Å². The van der Waals surface area contributed by atoms with E-state index in [9.17, 15) is 0 Å². The van der Waals surface area contributed by atoms with Crippen molar-refractivity contribution in [1.82, 2.24) is 10.1 Å². The Morgan fingerprint density at radius 3 is 2.55 bits per heavy atom. The summed E-state index contributed by atoms with van der Waals surface area (Å²) >= 11 is 0. The van der Waals surface area contributed by atoms with Crippen LogP contribution in [0, 0.1) is 6.92 Å². The zero-order valence-corrected chi connectivity index (χ0v) is 12.4. The first-order valence-electron chi connectivity index (χ1n) is 6.70. The molecule has 5 heteroatoms. The second kappa shape index (κ2) is 5.73. The van der Waals surface area contributed by atoms with Crippen molar-refractivity contribution < 1.29 is 9.26 Å². The number of hydrogen-bond acceptors (Lipinski definition) is 5. The van der Waals surface area contributed by atoms with Crippen molar-refractivity contribution in [2.45, 2.75) is 39.3 Å². The number of ether oxygens (including phenoxy) is 1.